The number of hydrogen-bond acceptors (Lipinski definition) is 6. The highest BCUT2D eigenvalue weighted by molar-refractivity contribution is 5.94. The molecule has 1 unspecified atom stereocenters. The van der Waals surface area contributed by atoms with Crippen molar-refractivity contribution in [3.8, 4) is 0 Å². The third-order valence-corrected chi connectivity index (χ3v) is 4.71. The Hall–Kier alpha value is -2.28. The predicted octanol–water partition coefficient (Wildman–Crippen LogP) is 2.41. The molecule has 2 fully saturated rings. The molecule has 7 heteroatoms. The van der Waals surface area contributed by atoms with Gasteiger partial charge in [-0.2, -0.15) is 4.98 Å². The van der Waals surface area contributed by atoms with E-state index < -0.39 is 0 Å². The second-order valence-corrected chi connectivity index (χ2v) is 6.72. The second kappa shape index (κ2) is 7.31. The number of likely N-dealkylation sites (tertiary alicyclic amines) is 1. The van der Waals surface area contributed by atoms with Gasteiger partial charge in [0.05, 0.1) is 12.2 Å². The fraction of sp³-hybridized carbons (Fsp3) is 0.556. The molecule has 2 aliphatic rings. The molecule has 1 aliphatic heterocycles. The minimum atomic E-state index is -0.152. The van der Waals surface area contributed by atoms with Gasteiger partial charge in [0.1, 0.15) is 6.04 Å². The Morgan fingerprint density at radius 1 is 1.36 bits per heavy atom. The third kappa shape index (κ3) is 3.87. The number of carbonyl (C=O) groups excluding carboxylic acids is 1. The number of ether oxygens (including phenoxy) is 1. The largest absolute Gasteiger partial charge is 0.381 e. The molecule has 1 amide bonds. The molecule has 132 valence electrons. The maximum atomic E-state index is 12.7. The van der Waals surface area contributed by atoms with Crippen LogP contribution in [0.1, 0.15) is 53.8 Å². The predicted molar refractivity (Wildman–Crippen MR) is 88.8 cm³/mol. The van der Waals surface area contributed by atoms with Crippen LogP contribution in [-0.4, -0.2) is 45.7 Å². The molecule has 1 saturated carbocycles. The van der Waals surface area contributed by atoms with Gasteiger partial charge in [0, 0.05) is 32.0 Å². The van der Waals surface area contributed by atoms with Crippen LogP contribution >= 0.6 is 0 Å². The lowest BCUT2D eigenvalue weighted by molar-refractivity contribution is 0.0709. The van der Waals surface area contributed by atoms with Crippen molar-refractivity contribution in [1.29, 1.82) is 0 Å². The summed E-state index contributed by atoms with van der Waals surface area (Å²) in [5, 5.41) is 4.04. The first kappa shape index (κ1) is 16.2. The summed E-state index contributed by atoms with van der Waals surface area (Å²) in [6, 6.07) is 3.40. The molecule has 0 spiro atoms. The minimum Gasteiger partial charge on any atom is -0.381 e. The second-order valence-electron chi connectivity index (χ2n) is 6.72. The lowest BCUT2D eigenvalue weighted by atomic mass is 10.2. The summed E-state index contributed by atoms with van der Waals surface area (Å²) in [6.07, 6.45) is 8.23. The van der Waals surface area contributed by atoms with Gasteiger partial charge < -0.3 is 14.2 Å². The van der Waals surface area contributed by atoms with Gasteiger partial charge in [0.2, 0.25) is 5.89 Å². The first-order chi connectivity index (χ1) is 12.3. The van der Waals surface area contributed by atoms with Crippen LogP contribution in [0.2, 0.25) is 0 Å². The molecule has 7 nitrogen and oxygen atoms in total. The van der Waals surface area contributed by atoms with Crippen molar-refractivity contribution in [3.63, 3.8) is 0 Å². The topological polar surface area (TPSA) is 81.4 Å². The van der Waals surface area contributed by atoms with Gasteiger partial charge >= 0.3 is 0 Å². The van der Waals surface area contributed by atoms with E-state index in [0.717, 1.165) is 25.4 Å². The highest BCUT2D eigenvalue weighted by Gasteiger charge is 2.34. The van der Waals surface area contributed by atoms with Crippen LogP contribution in [0.5, 0.6) is 0 Å². The van der Waals surface area contributed by atoms with Crippen molar-refractivity contribution in [2.75, 3.05) is 19.8 Å². The fourth-order valence-corrected chi connectivity index (χ4v) is 3.12. The zero-order valence-electron chi connectivity index (χ0n) is 14.1. The molecule has 0 N–H and O–H groups in total. The van der Waals surface area contributed by atoms with Crippen molar-refractivity contribution in [2.24, 2.45) is 5.92 Å². The zero-order valence-corrected chi connectivity index (χ0v) is 14.1. The van der Waals surface area contributed by atoms with Crippen molar-refractivity contribution in [2.45, 2.75) is 38.1 Å². The molecule has 1 atom stereocenters. The molecular weight excluding hydrogens is 320 g/mol. The monoisotopic (exact) mass is 342 g/mol. The van der Waals surface area contributed by atoms with Gasteiger partial charge in [-0.25, -0.2) is 0 Å². The molecule has 0 aromatic carbocycles. The van der Waals surface area contributed by atoms with Crippen molar-refractivity contribution < 1.29 is 14.1 Å². The molecular formula is C18H22N4O3. The Morgan fingerprint density at radius 2 is 2.28 bits per heavy atom. The average molecular weight is 342 g/mol. The van der Waals surface area contributed by atoms with Crippen molar-refractivity contribution in [1.82, 2.24) is 20.0 Å². The normalized spacial score (nSPS) is 20.2. The van der Waals surface area contributed by atoms with E-state index in [1.54, 1.807) is 29.4 Å². The number of pyridine rings is 1. The highest BCUT2D eigenvalue weighted by atomic mass is 16.5. The van der Waals surface area contributed by atoms with E-state index in [4.69, 9.17) is 9.26 Å². The molecule has 3 heterocycles. The zero-order chi connectivity index (χ0) is 17.1. The number of rotatable bonds is 7. The third-order valence-electron chi connectivity index (χ3n) is 4.71. The van der Waals surface area contributed by atoms with E-state index in [2.05, 4.69) is 15.1 Å². The van der Waals surface area contributed by atoms with Crippen LogP contribution in [0.4, 0.5) is 0 Å². The quantitative estimate of drug-likeness (QED) is 0.719. The van der Waals surface area contributed by atoms with Crippen LogP contribution in [0.15, 0.2) is 29.0 Å². The van der Waals surface area contributed by atoms with Gasteiger partial charge in [0.15, 0.2) is 5.82 Å². The Balaban J connectivity index is 1.37. The summed E-state index contributed by atoms with van der Waals surface area (Å²) in [5.74, 6) is 1.88. The van der Waals surface area contributed by atoms with Gasteiger partial charge in [-0.3, -0.25) is 9.78 Å². The average Bonchev–Trinajstić information content (AvgIpc) is 3.15. The molecule has 4 rings (SSSR count). The summed E-state index contributed by atoms with van der Waals surface area (Å²) in [6.45, 7) is 2.14. The first-order valence-corrected chi connectivity index (χ1v) is 8.92. The number of aromatic nitrogens is 3. The van der Waals surface area contributed by atoms with E-state index >= 15 is 0 Å². The van der Waals surface area contributed by atoms with Crippen LogP contribution in [-0.2, 0) is 11.2 Å². The van der Waals surface area contributed by atoms with Crippen LogP contribution < -0.4 is 0 Å². The summed E-state index contributed by atoms with van der Waals surface area (Å²) >= 11 is 0. The SMILES string of the molecule is O=C(c1cccnc1)N1CCCC1c1nc(CCOCC2CC2)no1. The Labute approximate surface area is 146 Å². The molecule has 1 saturated heterocycles. The highest BCUT2D eigenvalue weighted by Crippen LogP contribution is 2.32. The van der Waals surface area contributed by atoms with Crippen molar-refractivity contribution in [3.05, 3.63) is 41.8 Å². The maximum Gasteiger partial charge on any atom is 0.256 e. The van der Waals surface area contributed by atoms with Gasteiger partial charge in [-0.1, -0.05) is 5.16 Å². The van der Waals surface area contributed by atoms with Gasteiger partial charge in [-0.05, 0) is 43.7 Å². The smallest absolute Gasteiger partial charge is 0.256 e. The summed E-state index contributed by atoms with van der Waals surface area (Å²) in [5.41, 5.74) is 0.586. The van der Waals surface area contributed by atoms with Crippen LogP contribution in [0.25, 0.3) is 0 Å². The standard InChI is InChI=1S/C18H22N4O3/c23-18(14-3-1-8-19-11-14)22-9-2-4-15(22)17-20-16(21-25-17)7-10-24-12-13-5-6-13/h1,3,8,11,13,15H,2,4-7,9-10,12H2. The molecule has 0 radical (unpaired) electrons. The summed E-state index contributed by atoms with van der Waals surface area (Å²) in [7, 11) is 0. The number of hydrogen-bond donors (Lipinski definition) is 0. The van der Waals surface area contributed by atoms with Crippen molar-refractivity contribution >= 4 is 5.91 Å². The van der Waals surface area contributed by atoms with E-state index in [9.17, 15) is 4.79 Å². The lowest BCUT2D eigenvalue weighted by Crippen LogP contribution is -2.30. The number of amides is 1. The van der Waals surface area contributed by atoms with Crippen LogP contribution in [0.3, 0.4) is 0 Å². The Morgan fingerprint density at radius 3 is 3.08 bits per heavy atom. The number of carbonyl (C=O) groups is 1. The fourth-order valence-electron chi connectivity index (χ4n) is 3.12. The van der Waals surface area contributed by atoms with Gasteiger partial charge in [-0.15, -0.1) is 0 Å². The molecule has 2 aromatic heterocycles. The van der Waals surface area contributed by atoms with E-state index in [0.29, 0.717) is 36.9 Å². The Kier molecular flexibility index (Phi) is 4.74. The summed E-state index contributed by atoms with van der Waals surface area (Å²) in [4.78, 5) is 23.0. The van der Waals surface area contributed by atoms with Gasteiger partial charge in [0.25, 0.3) is 5.91 Å². The molecule has 2 aromatic rings. The maximum absolute atomic E-state index is 12.7. The van der Waals surface area contributed by atoms with Crippen LogP contribution in [0, 0.1) is 5.92 Å². The Bertz CT molecular complexity index is 714. The van der Waals surface area contributed by atoms with E-state index in [-0.39, 0.29) is 11.9 Å². The molecule has 25 heavy (non-hydrogen) atoms. The number of nitrogens with zero attached hydrogens (tertiary/aromatic N) is 4. The summed E-state index contributed by atoms with van der Waals surface area (Å²) < 4.78 is 11.0. The molecule has 1 aliphatic carbocycles. The first-order valence-electron chi connectivity index (χ1n) is 8.92. The van der Waals surface area contributed by atoms with E-state index in [1.165, 1.54) is 12.8 Å². The lowest BCUT2D eigenvalue weighted by Gasteiger charge is -2.21. The molecule has 0 bridgehead atoms. The minimum absolute atomic E-state index is 0.0388. The van der Waals surface area contributed by atoms with E-state index in [1.807, 2.05) is 0 Å².